The van der Waals surface area contributed by atoms with Crippen LogP contribution < -0.4 is 24.1 Å². The highest BCUT2D eigenvalue weighted by molar-refractivity contribution is 5.95. The first-order valence-corrected chi connectivity index (χ1v) is 22.1. The highest BCUT2D eigenvalue weighted by Crippen LogP contribution is 2.39. The first-order valence-electron chi connectivity index (χ1n) is 22.1. The van der Waals surface area contributed by atoms with Crippen LogP contribution in [-0.4, -0.2) is 109 Å². The number of likely N-dealkylation sites (N-methyl/N-ethyl adjacent to an activating group) is 2. The Morgan fingerprint density at radius 1 is 0.683 bits per heavy atom. The molecule has 0 bridgehead atoms. The summed E-state index contributed by atoms with van der Waals surface area (Å²) in [5, 5.41) is 12.8. The van der Waals surface area contributed by atoms with Gasteiger partial charge in [0.2, 0.25) is 5.75 Å². The van der Waals surface area contributed by atoms with E-state index in [4.69, 9.17) is 28.4 Å². The van der Waals surface area contributed by atoms with Crippen molar-refractivity contribution < 1.29 is 47.6 Å². The number of ether oxygens (including phenoxy) is 6. The minimum atomic E-state index is -0.449. The van der Waals surface area contributed by atoms with Gasteiger partial charge in [0.1, 0.15) is 25.5 Å². The third-order valence-corrected chi connectivity index (χ3v) is 11.7. The second-order valence-corrected chi connectivity index (χ2v) is 15.8. The molecular weight excluding hydrogens is 799 g/mol. The molecule has 0 aliphatic heterocycles. The highest BCUT2D eigenvalue weighted by atomic mass is 16.5. The number of methoxy groups -OCH3 is 3. The second-order valence-electron chi connectivity index (χ2n) is 15.8. The number of nitrogens with zero attached hydrogens (tertiary/aromatic N) is 3. The normalized spacial score (nSPS) is 12.4. The average Bonchev–Trinajstić information content (AvgIpc) is 3.31. The molecule has 0 amide bonds. The number of unbranched alkanes of at least 4 members (excludes halogenated alkanes) is 5. The standard InChI is InChI=1S/C29H42N2O4.C22H29NO5/c1-5-8-9-10-11-14-22-34-27-16-13-12-15-26(27)28(32)30-25-19-17-24(18-20-25)29(33)35-23-21-31(4,6-2)7-3;1-7-22(23(2)3,17-11-9-8-10-12-17)15-28-21(24)16-13-18(25-4)20(27-6)19(14-16)26-5/h12-13,15-20H,5-11,14,21-23H2,1-4H3;8-14H,7,15H2,1-6H3. The van der Waals surface area contributed by atoms with Crippen molar-refractivity contribution in [1.29, 1.82) is 0 Å². The largest absolute Gasteiger partial charge is 0.858 e. The number of carbonyl (C=O) groups is 2. The highest BCUT2D eigenvalue weighted by Gasteiger charge is 2.35. The third kappa shape index (κ3) is 15.3. The molecule has 4 aromatic rings. The van der Waals surface area contributed by atoms with Crippen LogP contribution in [-0.2, 0) is 15.0 Å². The predicted octanol–water partition coefficient (Wildman–Crippen LogP) is 9.24. The van der Waals surface area contributed by atoms with Crippen molar-refractivity contribution >= 4 is 23.5 Å². The summed E-state index contributed by atoms with van der Waals surface area (Å²) >= 11 is 0. The van der Waals surface area contributed by atoms with Crippen LogP contribution in [0.1, 0.15) is 104 Å². The van der Waals surface area contributed by atoms with Crippen molar-refractivity contribution in [1.82, 2.24) is 4.90 Å². The van der Waals surface area contributed by atoms with Crippen LogP contribution in [0.4, 0.5) is 5.69 Å². The number of quaternary nitrogens is 1. The van der Waals surface area contributed by atoms with Gasteiger partial charge < -0.3 is 38.0 Å². The van der Waals surface area contributed by atoms with Crippen LogP contribution in [0.2, 0.25) is 0 Å². The number of rotatable bonds is 25. The minimum Gasteiger partial charge on any atom is -0.858 e. The van der Waals surface area contributed by atoms with Crippen LogP contribution in [0.15, 0.2) is 96.0 Å². The number of esters is 2. The maximum Gasteiger partial charge on any atom is 0.338 e. The lowest BCUT2D eigenvalue weighted by atomic mass is 9.87. The first kappa shape index (κ1) is 51.8. The summed E-state index contributed by atoms with van der Waals surface area (Å²) in [6.07, 6.45) is 7.87. The first-order chi connectivity index (χ1) is 30.3. The smallest absolute Gasteiger partial charge is 0.338 e. The topological polar surface area (TPSA) is 128 Å². The molecule has 0 saturated heterocycles. The summed E-state index contributed by atoms with van der Waals surface area (Å²) in [6, 6.07) is 27.0. The molecule has 0 radical (unpaired) electrons. The Balaban J connectivity index is 0.000000344. The molecule has 0 aliphatic rings. The van der Waals surface area contributed by atoms with Gasteiger partial charge in [-0.15, -0.1) is 0 Å². The molecular formula is C51H71N3O9. The predicted molar refractivity (Wildman–Crippen MR) is 249 cm³/mol. The van der Waals surface area contributed by atoms with Gasteiger partial charge in [-0.25, -0.2) is 9.59 Å². The maximum atomic E-state index is 12.8. The van der Waals surface area contributed by atoms with E-state index in [1.807, 2.05) is 38.4 Å². The van der Waals surface area contributed by atoms with Gasteiger partial charge in [0, 0.05) is 5.56 Å². The van der Waals surface area contributed by atoms with E-state index in [0.29, 0.717) is 58.6 Å². The molecule has 12 nitrogen and oxygen atoms in total. The van der Waals surface area contributed by atoms with Crippen molar-refractivity contribution in [2.75, 3.05) is 81.9 Å². The van der Waals surface area contributed by atoms with Crippen LogP contribution in [0.3, 0.4) is 0 Å². The van der Waals surface area contributed by atoms with Gasteiger partial charge in [0.15, 0.2) is 11.5 Å². The van der Waals surface area contributed by atoms with E-state index in [1.54, 1.807) is 54.6 Å². The average molecular weight is 870 g/mol. The molecule has 12 heteroatoms. The molecule has 0 aliphatic carbocycles. The van der Waals surface area contributed by atoms with Gasteiger partial charge in [0.05, 0.1) is 70.4 Å². The third-order valence-electron chi connectivity index (χ3n) is 11.7. The lowest BCUT2D eigenvalue weighted by Gasteiger charge is -2.39. The number of benzene rings is 4. The Morgan fingerprint density at radius 3 is 1.84 bits per heavy atom. The Morgan fingerprint density at radius 2 is 1.27 bits per heavy atom. The zero-order valence-corrected chi connectivity index (χ0v) is 39.4. The zero-order valence-electron chi connectivity index (χ0n) is 39.4. The van der Waals surface area contributed by atoms with Crippen LogP contribution in [0.5, 0.6) is 23.0 Å². The van der Waals surface area contributed by atoms with E-state index >= 15 is 0 Å². The lowest BCUT2D eigenvalue weighted by Crippen LogP contribution is -2.46. The van der Waals surface area contributed by atoms with Crippen LogP contribution >= 0.6 is 0 Å². The Kier molecular flexibility index (Phi) is 22.0. The fourth-order valence-electron chi connectivity index (χ4n) is 6.97. The van der Waals surface area contributed by atoms with Crippen molar-refractivity contribution in [3.05, 3.63) is 113 Å². The van der Waals surface area contributed by atoms with E-state index in [0.717, 1.165) is 48.9 Å². The summed E-state index contributed by atoms with van der Waals surface area (Å²) in [6.45, 7) is 12.5. The van der Waals surface area contributed by atoms with Gasteiger partial charge >= 0.3 is 11.9 Å². The second kappa shape index (κ2) is 26.8. The molecule has 1 atom stereocenters. The Labute approximate surface area is 376 Å². The van der Waals surface area contributed by atoms with Crippen LogP contribution in [0, 0.1) is 0 Å². The van der Waals surface area contributed by atoms with Crippen molar-refractivity contribution in [2.45, 2.75) is 78.2 Å². The molecule has 0 heterocycles. The van der Waals surface area contributed by atoms with Gasteiger partial charge in [0.25, 0.3) is 0 Å². The summed E-state index contributed by atoms with van der Waals surface area (Å²) in [4.78, 5) is 31.5. The molecule has 4 rings (SSSR count). The summed E-state index contributed by atoms with van der Waals surface area (Å²) in [5.41, 5.74) is 2.39. The van der Waals surface area contributed by atoms with Crippen LogP contribution in [0.25, 0.3) is 0 Å². The molecule has 344 valence electrons. The molecule has 0 fully saturated rings. The number of hydrogen-bond acceptors (Lipinski definition) is 11. The van der Waals surface area contributed by atoms with Gasteiger partial charge in [-0.05, 0) is 94.7 Å². The molecule has 4 aromatic carbocycles. The van der Waals surface area contributed by atoms with E-state index < -0.39 is 11.5 Å². The van der Waals surface area contributed by atoms with E-state index in [1.165, 1.54) is 47.0 Å². The fraction of sp³-hybridized carbons (Fsp3) is 0.471. The van der Waals surface area contributed by atoms with E-state index in [-0.39, 0.29) is 18.5 Å². The summed E-state index contributed by atoms with van der Waals surface area (Å²) in [7, 11) is 10.7. The number of carbonyl (C=O) groups excluding carboxylic acids is 2. The molecule has 0 saturated carbocycles. The van der Waals surface area contributed by atoms with E-state index in [9.17, 15) is 14.7 Å². The molecule has 0 spiro atoms. The van der Waals surface area contributed by atoms with Gasteiger partial charge in [-0.2, -0.15) is 0 Å². The number of aliphatic imine (C=N–C) groups is 1. The monoisotopic (exact) mass is 870 g/mol. The zero-order chi connectivity index (χ0) is 46.3. The lowest BCUT2D eigenvalue weighted by molar-refractivity contribution is -0.906. The quantitative estimate of drug-likeness (QED) is 0.0209. The maximum absolute atomic E-state index is 12.8. The SMILES string of the molecule is CCC(COC(=O)c1cc(OC)c(OC)c(OC)c1)(c1ccccc1)N(C)C.CCCCCCCCOc1ccccc1C([O-])=Nc1ccc(C(=O)OCC[N+](C)(CC)CC)cc1. The van der Waals surface area contributed by atoms with Crippen molar-refractivity contribution in [3.8, 4) is 23.0 Å². The molecule has 63 heavy (non-hydrogen) atoms. The van der Waals surface area contributed by atoms with Gasteiger partial charge in [-0.1, -0.05) is 94.5 Å². The molecule has 0 N–H and O–H groups in total. The van der Waals surface area contributed by atoms with E-state index in [2.05, 4.69) is 56.8 Å². The molecule has 0 aromatic heterocycles. The minimum absolute atomic E-state index is 0.218. The van der Waals surface area contributed by atoms with Crippen molar-refractivity contribution in [3.63, 3.8) is 0 Å². The Bertz CT molecular complexity index is 1970. The summed E-state index contributed by atoms with van der Waals surface area (Å²) < 4.78 is 33.9. The summed E-state index contributed by atoms with van der Waals surface area (Å²) in [5.74, 6) is 0.624. The number of hydrogen-bond donors (Lipinski definition) is 0. The number of para-hydroxylation sites is 1. The van der Waals surface area contributed by atoms with Gasteiger partial charge in [-0.3, -0.25) is 9.89 Å². The van der Waals surface area contributed by atoms with Crippen molar-refractivity contribution in [2.24, 2.45) is 4.99 Å². The fourth-order valence-corrected chi connectivity index (χ4v) is 6.97. The molecule has 1 unspecified atom stereocenters. The Hall–Kier alpha value is -5.59.